The Balaban J connectivity index is 1.52. The van der Waals surface area contributed by atoms with E-state index >= 15 is 0 Å². The molecule has 1 saturated carbocycles. The zero-order valence-corrected chi connectivity index (χ0v) is 13.2. The van der Waals surface area contributed by atoms with Crippen molar-refractivity contribution in [2.45, 2.75) is 51.2 Å². The first-order chi connectivity index (χ1) is 9.65. The highest BCUT2D eigenvalue weighted by Crippen LogP contribution is 2.26. The van der Waals surface area contributed by atoms with Crippen LogP contribution in [0.1, 0.15) is 39.0 Å². The number of likely N-dealkylation sites (tertiary alicyclic amines) is 1. The molecule has 2 rings (SSSR count). The molecule has 2 N–H and O–H groups in total. The van der Waals surface area contributed by atoms with E-state index < -0.39 is 0 Å². The van der Waals surface area contributed by atoms with E-state index in [1.807, 2.05) is 0 Å². The van der Waals surface area contributed by atoms with Crippen LogP contribution in [0, 0.1) is 11.8 Å². The Morgan fingerprint density at radius 3 is 2.80 bits per heavy atom. The van der Waals surface area contributed by atoms with Crippen LogP contribution in [-0.2, 0) is 4.74 Å². The van der Waals surface area contributed by atoms with Crippen LogP contribution < -0.4 is 5.32 Å². The summed E-state index contributed by atoms with van der Waals surface area (Å²) in [5.74, 6) is 1.39. The molecule has 0 bridgehead atoms. The van der Waals surface area contributed by atoms with Crippen LogP contribution in [0.15, 0.2) is 0 Å². The lowest BCUT2D eigenvalue weighted by Crippen LogP contribution is -2.36. The van der Waals surface area contributed by atoms with E-state index in [1.165, 1.54) is 38.8 Å². The molecule has 0 aromatic rings. The van der Waals surface area contributed by atoms with Gasteiger partial charge < -0.3 is 20.1 Å². The fraction of sp³-hybridized carbons (Fsp3) is 1.00. The molecule has 0 amide bonds. The van der Waals surface area contributed by atoms with Crippen molar-refractivity contribution in [2.75, 3.05) is 39.8 Å². The summed E-state index contributed by atoms with van der Waals surface area (Å²) in [7, 11) is 2.17. The predicted octanol–water partition coefficient (Wildman–Crippen LogP) is 1.48. The molecule has 4 unspecified atom stereocenters. The normalized spacial score (nSPS) is 33.5. The number of aliphatic hydroxyl groups is 1. The van der Waals surface area contributed by atoms with Crippen LogP contribution >= 0.6 is 0 Å². The lowest BCUT2D eigenvalue weighted by molar-refractivity contribution is -0.0452. The van der Waals surface area contributed by atoms with E-state index in [0.29, 0.717) is 25.2 Å². The van der Waals surface area contributed by atoms with Crippen molar-refractivity contribution in [1.82, 2.24) is 10.2 Å². The van der Waals surface area contributed by atoms with Gasteiger partial charge in [-0.25, -0.2) is 0 Å². The molecule has 1 heterocycles. The van der Waals surface area contributed by atoms with Gasteiger partial charge >= 0.3 is 0 Å². The van der Waals surface area contributed by atoms with E-state index in [9.17, 15) is 5.11 Å². The van der Waals surface area contributed by atoms with Gasteiger partial charge in [0.1, 0.15) is 0 Å². The number of hydrogen-bond acceptors (Lipinski definition) is 4. The average Bonchev–Trinajstić information content (AvgIpc) is 2.83. The van der Waals surface area contributed by atoms with Crippen LogP contribution in [-0.4, -0.2) is 62.0 Å². The summed E-state index contributed by atoms with van der Waals surface area (Å²) in [6, 6.07) is 0. The molecule has 1 aliphatic carbocycles. The van der Waals surface area contributed by atoms with E-state index in [2.05, 4.69) is 24.2 Å². The van der Waals surface area contributed by atoms with Crippen LogP contribution in [0.3, 0.4) is 0 Å². The van der Waals surface area contributed by atoms with E-state index in [4.69, 9.17) is 4.74 Å². The maximum Gasteiger partial charge on any atom is 0.0897 e. The third-order valence-electron chi connectivity index (χ3n) is 4.84. The Hall–Kier alpha value is -0.160. The SMILES string of the molecule is CC1CCCCC1OCC(O)CNCC1CCN(C)C1. The quantitative estimate of drug-likeness (QED) is 0.743. The van der Waals surface area contributed by atoms with Crippen LogP contribution in [0.4, 0.5) is 0 Å². The van der Waals surface area contributed by atoms with Crippen molar-refractivity contribution < 1.29 is 9.84 Å². The Kier molecular flexibility index (Phi) is 6.75. The number of aliphatic hydroxyl groups excluding tert-OH is 1. The Morgan fingerprint density at radius 2 is 2.10 bits per heavy atom. The standard InChI is InChI=1S/C16H32N2O2/c1-13-5-3-4-6-16(13)20-12-15(19)10-17-9-14-7-8-18(2)11-14/h13-17,19H,3-12H2,1-2H3. The monoisotopic (exact) mass is 284 g/mol. The molecule has 0 aromatic heterocycles. The van der Waals surface area contributed by atoms with Gasteiger partial charge in [-0.05, 0) is 51.2 Å². The Morgan fingerprint density at radius 1 is 1.30 bits per heavy atom. The van der Waals surface area contributed by atoms with E-state index in [-0.39, 0.29) is 6.10 Å². The molecule has 4 heteroatoms. The second-order valence-electron chi connectivity index (χ2n) is 6.86. The molecule has 20 heavy (non-hydrogen) atoms. The summed E-state index contributed by atoms with van der Waals surface area (Å²) >= 11 is 0. The van der Waals surface area contributed by atoms with Crippen molar-refractivity contribution in [1.29, 1.82) is 0 Å². The molecule has 118 valence electrons. The summed E-state index contributed by atoms with van der Waals surface area (Å²) in [5, 5.41) is 13.4. The Bertz CT molecular complexity index is 275. The van der Waals surface area contributed by atoms with Crippen LogP contribution in [0.25, 0.3) is 0 Å². The number of rotatable bonds is 7. The van der Waals surface area contributed by atoms with Crippen molar-refractivity contribution in [3.63, 3.8) is 0 Å². The topological polar surface area (TPSA) is 44.7 Å². The molecular weight excluding hydrogens is 252 g/mol. The lowest BCUT2D eigenvalue weighted by atomic mass is 9.88. The highest BCUT2D eigenvalue weighted by atomic mass is 16.5. The smallest absolute Gasteiger partial charge is 0.0897 e. The molecule has 2 aliphatic rings. The summed E-state index contributed by atoms with van der Waals surface area (Å²) in [4.78, 5) is 2.37. The second kappa shape index (κ2) is 8.32. The molecule has 2 fully saturated rings. The van der Waals surface area contributed by atoms with Crippen LogP contribution in [0.5, 0.6) is 0 Å². The number of ether oxygens (including phenoxy) is 1. The van der Waals surface area contributed by atoms with E-state index in [0.717, 1.165) is 18.9 Å². The molecule has 4 atom stereocenters. The van der Waals surface area contributed by atoms with Gasteiger partial charge in [-0.15, -0.1) is 0 Å². The summed E-state index contributed by atoms with van der Waals surface area (Å²) < 4.78 is 5.90. The molecular formula is C16H32N2O2. The van der Waals surface area contributed by atoms with Gasteiger partial charge in [-0.3, -0.25) is 0 Å². The summed E-state index contributed by atoms with van der Waals surface area (Å²) in [6.45, 7) is 6.80. The average molecular weight is 284 g/mol. The number of nitrogens with one attached hydrogen (secondary N) is 1. The van der Waals surface area contributed by atoms with Gasteiger partial charge in [-0.1, -0.05) is 19.8 Å². The first-order valence-corrected chi connectivity index (χ1v) is 8.34. The first kappa shape index (κ1) is 16.2. The van der Waals surface area contributed by atoms with Crippen LogP contribution in [0.2, 0.25) is 0 Å². The van der Waals surface area contributed by atoms with Gasteiger partial charge in [0.15, 0.2) is 0 Å². The zero-order chi connectivity index (χ0) is 14.4. The third kappa shape index (κ3) is 5.32. The summed E-state index contributed by atoms with van der Waals surface area (Å²) in [6.07, 6.45) is 6.31. The number of nitrogens with zero attached hydrogens (tertiary/aromatic N) is 1. The van der Waals surface area contributed by atoms with Gasteiger partial charge in [0.25, 0.3) is 0 Å². The molecule has 0 aromatic carbocycles. The molecule has 0 radical (unpaired) electrons. The van der Waals surface area contributed by atoms with Crippen molar-refractivity contribution >= 4 is 0 Å². The summed E-state index contributed by atoms with van der Waals surface area (Å²) in [5.41, 5.74) is 0. The Labute approximate surface area is 123 Å². The number of hydrogen-bond donors (Lipinski definition) is 2. The van der Waals surface area contributed by atoms with Gasteiger partial charge in [0.05, 0.1) is 18.8 Å². The highest BCUT2D eigenvalue weighted by Gasteiger charge is 2.23. The minimum Gasteiger partial charge on any atom is -0.389 e. The minimum absolute atomic E-state index is 0.363. The minimum atomic E-state index is -0.372. The molecule has 0 spiro atoms. The van der Waals surface area contributed by atoms with Gasteiger partial charge in [0.2, 0.25) is 0 Å². The van der Waals surface area contributed by atoms with E-state index in [1.54, 1.807) is 0 Å². The molecule has 1 aliphatic heterocycles. The van der Waals surface area contributed by atoms with Gasteiger partial charge in [-0.2, -0.15) is 0 Å². The highest BCUT2D eigenvalue weighted by molar-refractivity contribution is 4.76. The van der Waals surface area contributed by atoms with Gasteiger partial charge in [0, 0.05) is 13.1 Å². The predicted molar refractivity (Wildman–Crippen MR) is 81.9 cm³/mol. The van der Waals surface area contributed by atoms with Crippen molar-refractivity contribution in [2.24, 2.45) is 11.8 Å². The van der Waals surface area contributed by atoms with Crippen molar-refractivity contribution in [3.05, 3.63) is 0 Å². The maximum absolute atomic E-state index is 9.99. The third-order valence-corrected chi connectivity index (χ3v) is 4.84. The van der Waals surface area contributed by atoms with Crippen molar-refractivity contribution in [3.8, 4) is 0 Å². The first-order valence-electron chi connectivity index (χ1n) is 8.34. The fourth-order valence-corrected chi connectivity index (χ4v) is 3.47. The second-order valence-corrected chi connectivity index (χ2v) is 6.86. The largest absolute Gasteiger partial charge is 0.389 e. The fourth-order valence-electron chi connectivity index (χ4n) is 3.47. The maximum atomic E-state index is 9.99. The molecule has 1 saturated heterocycles. The molecule has 4 nitrogen and oxygen atoms in total. The lowest BCUT2D eigenvalue weighted by Gasteiger charge is -2.29. The zero-order valence-electron chi connectivity index (χ0n) is 13.2.